The van der Waals surface area contributed by atoms with E-state index in [0.717, 1.165) is 11.3 Å². The smallest absolute Gasteiger partial charge is 0.272 e. The van der Waals surface area contributed by atoms with Gasteiger partial charge in [0.2, 0.25) is 0 Å². The van der Waals surface area contributed by atoms with Gasteiger partial charge in [0.05, 0.1) is 11.5 Å². The quantitative estimate of drug-likeness (QED) is 0.460. The van der Waals surface area contributed by atoms with E-state index in [-0.39, 0.29) is 10.6 Å². The van der Waals surface area contributed by atoms with Gasteiger partial charge in [0.15, 0.2) is 0 Å². The highest BCUT2D eigenvalue weighted by Gasteiger charge is 2.11. The van der Waals surface area contributed by atoms with Crippen LogP contribution in [0, 0.1) is 10.1 Å². The van der Waals surface area contributed by atoms with Gasteiger partial charge in [-0.25, -0.2) is 0 Å². The van der Waals surface area contributed by atoms with Gasteiger partial charge in [-0.1, -0.05) is 30.3 Å². The van der Waals surface area contributed by atoms with Gasteiger partial charge in [-0.15, -0.1) is 11.6 Å². The van der Waals surface area contributed by atoms with E-state index >= 15 is 0 Å². The number of ether oxygens (including phenoxy) is 1. The largest absolute Gasteiger partial charge is 0.493 e. The molecule has 0 saturated heterocycles. The standard InChI is InChI=1S/C15H14ClNO3/c16-11-12-4-3-6-14(10-12)20-9-8-13-5-1-2-7-15(13)17(18)19/h1-7,10H,8-9,11H2. The molecule has 0 fully saturated rings. The molecule has 2 aromatic carbocycles. The minimum atomic E-state index is -0.372. The van der Waals surface area contributed by atoms with E-state index in [2.05, 4.69) is 0 Å². The average Bonchev–Trinajstić information content (AvgIpc) is 2.48. The number of halogens is 1. The topological polar surface area (TPSA) is 52.4 Å². The summed E-state index contributed by atoms with van der Waals surface area (Å²) in [6.45, 7) is 0.386. The minimum absolute atomic E-state index is 0.130. The summed E-state index contributed by atoms with van der Waals surface area (Å²) < 4.78 is 5.61. The van der Waals surface area contributed by atoms with Crippen LogP contribution in [0.1, 0.15) is 11.1 Å². The van der Waals surface area contributed by atoms with Gasteiger partial charge in [-0.05, 0) is 17.7 Å². The second-order valence-electron chi connectivity index (χ2n) is 4.27. The lowest BCUT2D eigenvalue weighted by molar-refractivity contribution is -0.385. The van der Waals surface area contributed by atoms with E-state index in [1.807, 2.05) is 24.3 Å². The fourth-order valence-electron chi connectivity index (χ4n) is 1.90. The zero-order chi connectivity index (χ0) is 14.4. The highest BCUT2D eigenvalue weighted by atomic mass is 35.5. The van der Waals surface area contributed by atoms with Crippen LogP contribution in [0.3, 0.4) is 0 Å². The van der Waals surface area contributed by atoms with E-state index in [1.165, 1.54) is 6.07 Å². The number of nitro groups is 1. The third-order valence-electron chi connectivity index (χ3n) is 2.88. The summed E-state index contributed by atoms with van der Waals surface area (Å²) in [5, 5.41) is 10.9. The summed E-state index contributed by atoms with van der Waals surface area (Å²) in [4.78, 5) is 10.5. The summed E-state index contributed by atoms with van der Waals surface area (Å²) in [6.07, 6.45) is 0.488. The molecule has 0 aromatic heterocycles. The van der Waals surface area contributed by atoms with Crippen LogP contribution in [0.2, 0.25) is 0 Å². The Morgan fingerprint density at radius 1 is 1.15 bits per heavy atom. The Kier molecular flexibility index (Phi) is 4.96. The molecule has 0 saturated carbocycles. The summed E-state index contributed by atoms with van der Waals surface area (Å²) in [5.74, 6) is 1.16. The lowest BCUT2D eigenvalue weighted by Crippen LogP contribution is -2.04. The number of hydrogen-bond donors (Lipinski definition) is 0. The molecule has 2 aromatic rings. The van der Waals surface area contributed by atoms with Crippen molar-refractivity contribution in [2.45, 2.75) is 12.3 Å². The van der Waals surface area contributed by atoms with Crippen molar-refractivity contribution in [3.8, 4) is 5.75 Å². The fourth-order valence-corrected chi connectivity index (χ4v) is 2.06. The molecule has 20 heavy (non-hydrogen) atoms. The van der Waals surface area contributed by atoms with Gasteiger partial charge in [-0.2, -0.15) is 0 Å². The molecule has 0 spiro atoms. The highest BCUT2D eigenvalue weighted by Crippen LogP contribution is 2.19. The van der Waals surface area contributed by atoms with Crippen molar-refractivity contribution in [3.63, 3.8) is 0 Å². The monoisotopic (exact) mass is 291 g/mol. The van der Waals surface area contributed by atoms with E-state index < -0.39 is 0 Å². The van der Waals surface area contributed by atoms with Gasteiger partial charge < -0.3 is 4.74 Å². The number of benzene rings is 2. The molecule has 0 unspecified atom stereocenters. The van der Waals surface area contributed by atoms with E-state index in [0.29, 0.717) is 24.5 Å². The summed E-state index contributed by atoms with van der Waals surface area (Å²) in [6, 6.07) is 14.2. The molecule has 104 valence electrons. The Labute approximate surface area is 122 Å². The summed E-state index contributed by atoms with van der Waals surface area (Å²) in [7, 11) is 0. The number of para-hydroxylation sites is 1. The molecule has 0 N–H and O–H groups in total. The number of nitrogens with zero attached hydrogens (tertiary/aromatic N) is 1. The first kappa shape index (κ1) is 14.3. The number of rotatable bonds is 6. The van der Waals surface area contributed by atoms with Crippen LogP contribution >= 0.6 is 11.6 Å². The van der Waals surface area contributed by atoms with Gasteiger partial charge in [-0.3, -0.25) is 10.1 Å². The van der Waals surface area contributed by atoms with Crippen molar-refractivity contribution in [1.29, 1.82) is 0 Å². The first-order valence-electron chi connectivity index (χ1n) is 6.20. The van der Waals surface area contributed by atoms with Gasteiger partial charge >= 0.3 is 0 Å². The summed E-state index contributed by atoms with van der Waals surface area (Å²) >= 11 is 5.75. The molecule has 4 nitrogen and oxygen atoms in total. The molecular weight excluding hydrogens is 278 g/mol. The molecule has 0 bridgehead atoms. The van der Waals surface area contributed by atoms with Crippen molar-refractivity contribution >= 4 is 17.3 Å². The maximum Gasteiger partial charge on any atom is 0.272 e. The van der Waals surface area contributed by atoms with Crippen molar-refractivity contribution < 1.29 is 9.66 Å². The van der Waals surface area contributed by atoms with Gasteiger partial charge in [0.25, 0.3) is 5.69 Å². The van der Waals surface area contributed by atoms with Crippen molar-refractivity contribution in [3.05, 3.63) is 69.8 Å². The van der Waals surface area contributed by atoms with Crippen LogP contribution in [0.25, 0.3) is 0 Å². The van der Waals surface area contributed by atoms with E-state index in [1.54, 1.807) is 18.2 Å². The second kappa shape index (κ2) is 6.91. The number of alkyl halides is 1. The van der Waals surface area contributed by atoms with Crippen LogP contribution in [-0.4, -0.2) is 11.5 Å². The third kappa shape index (κ3) is 3.71. The molecule has 5 heteroatoms. The Morgan fingerprint density at radius 3 is 2.70 bits per heavy atom. The van der Waals surface area contributed by atoms with Crippen LogP contribution < -0.4 is 4.74 Å². The Hall–Kier alpha value is -2.07. The number of hydrogen-bond acceptors (Lipinski definition) is 3. The zero-order valence-corrected chi connectivity index (χ0v) is 11.5. The SMILES string of the molecule is O=[N+]([O-])c1ccccc1CCOc1cccc(CCl)c1. The molecule has 0 aliphatic carbocycles. The van der Waals surface area contributed by atoms with Crippen LogP contribution in [-0.2, 0) is 12.3 Å². The Balaban J connectivity index is 1.97. The molecule has 0 radical (unpaired) electrons. The maximum absolute atomic E-state index is 10.9. The maximum atomic E-state index is 10.9. The lowest BCUT2D eigenvalue weighted by Gasteiger charge is -2.07. The van der Waals surface area contributed by atoms with Crippen LogP contribution in [0.5, 0.6) is 5.75 Å². The van der Waals surface area contributed by atoms with Crippen molar-refractivity contribution in [2.75, 3.05) is 6.61 Å². The first-order chi connectivity index (χ1) is 9.70. The van der Waals surface area contributed by atoms with E-state index in [4.69, 9.17) is 16.3 Å². The Bertz CT molecular complexity index is 601. The Morgan fingerprint density at radius 2 is 1.95 bits per heavy atom. The van der Waals surface area contributed by atoms with E-state index in [9.17, 15) is 10.1 Å². The minimum Gasteiger partial charge on any atom is -0.493 e. The fraction of sp³-hybridized carbons (Fsp3) is 0.200. The number of nitro benzene ring substituents is 1. The normalized spacial score (nSPS) is 10.2. The molecule has 2 rings (SSSR count). The predicted molar refractivity (Wildman–Crippen MR) is 78.3 cm³/mol. The lowest BCUT2D eigenvalue weighted by atomic mass is 10.1. The summed E-state index contributed by atoms with van der Waals surface area (Å²) in [5.41, 5.74) is 1.78. The molecular formula is C15H14ClNO3. The zero-order valence-electron chi connectivity index (χ0n) is 10.8. The van der Waals surface area contributed by atoms with Crippen molar-refractivity contribution in [2.24, 2.45) is 0 Å². The molecule has 0 aliphatic heterocycles. The molecule has 0 amide bonds. The molecule has 0 atom stereocenters. The van der Waals surface area contributed by atoms with Gasteiger partial charge in [0.1, 0.15) is 5.75 Å². The van der Waals surface area contributed by atoms with Crippen LogP contribution in [0.4, 0.5) is 5.69 Å². The van der Waals surface area contributed by atoms with Crippen LogP contribution in [0.15, 0.2) is 48.5 Å². The molecule has 0 aliphatic rings. The third-order valence-corrected chi connectivity index (χ3v) is 3.19. The average molecular weight is 292 g/mol. The second-order valence-corrected chi connectivity index (χ2v) is 4.53. The highest BCUT2D eigenvalue weighted by molar-refractivity contribution is 6.17. The first-order valence-corrected chi connectivity index (χ1v) is 6.74. The van der Waals surface area contributed by atoms with Gasteiger partial charge in [0, 0.05) is 23.9 Å². The molecule has 0 heterocycles. The predicted octanol–water partition coefficient (Wildman–Crippen LogP) is 3.96. The van der Waals surface area contributed by atoms with Crippen molar-refractivity contribution in [1.82, 2.24) is 0 Å².